The van der Waals surface area contributed by atoms with Crippen LogP contribution in [0.2, 0.25) is 0 Å². The van der Waals surface area contributed by atoms with Crippen molar-refractivity contribution in [2.75, 3.05) is 33.8 Å². The number of hydrogen-bond acceptors (Lipinski definition) is 5. The summed E-state index contributed by atoms with van der Waals surface area (Å²) in [6.45, 7) is 0.324. The number of hydrogen-bond donors (Lipinski definition) is 1. The topological polar surface area (TPSA) is 92.1 Å². The summed E-state index contributed by atoms with van der Waals surface area (Å²) in [5.41, 5.74) is -0.555. The van der Waals surface area contributed by atoms with Crippen LogP contribution in [-0.2, 0) is 16.1 Å². The van der Waals surface area contributed by atoms with E-state index >= 15 is 0 Å². The summed E-state index contributed by atoms with van der Waals surface area (Å²) in [5, 5.41) is 12.2. The van der Waals surface area contributed by atoms with Crippen LogP contribution in [0.1, 0.15) is 61.7 Å². The number of alkyl halides is 2. The molecule has 1 spiro atoms. The molecule has 3 fully saturated rings. The lowest BCUT2D eigenvalue weighted by Crippen LogP contribution is -2.62. The smallest absolute Gasteiger partial charge is 0.255 e. The Morgan fingerprint density at radius 2 is 1.80 bits per heavy atom. The Balaban J connectivity index is 1.37. The van der Waals surface area contributed by atoms with Gasteiger partial charge in [0.2, 0.25) is 5.91 Å². The standard InChI is InChI=1S/C31H39F2N3O5/c1-34(2)28(39)25-18-36(26(37)16-24(25)22-8-4-3-5-9-22)21-30(40)14-15-35(20-29(30)11-6-7-12-29)27(38)19-41-23-10-13-31(32,33)17-23/h3-5,8-9,16,18,23,40H,6-7,10-15,17,19-21H2,1-2H3. The fourth-order valence-electron chi connectivity index (χ4n) is 6.89. The molecule has 2 aromatic rings. The fraction of sp³-hybridized carbons (Fsp3) is 0.581. The Labute approximate surface area is 238 Å². The monoisotopic (exact) mass is 571 g/mol. The van der Waals surface area contributed by atoms with E-state index in [1.165, 1.54) is 15.5 Å². The van der Waals surface area contributed by atoms with Crippen LogP contribution in [0.15, 0.2) is 47.4 Å². The second kappa shape index (κ2) is 11.3. The molecule has 1 N–H and O–H groups in total. The van der Waals surface area contributed by atoms with E-state index in [1.807, 2.05) is 30.3 Å². The third-order valence-corrected chi connectivity index (χ3v) is 9.27. The number of halogens is 2. The number of nitrogens with zero attached hydrogens (tertiary/aromatic N) is 3. The summed E-state index contributed by atoms with van der Waals surface area (Å²) in [7, 11) is 3.31. The molecule has 41 heavy (non-hydrogen) atoms. The van der Waals surface area contributed by atoms with Gasteiger partial charge in [-0.05, 0) is 31.2 Å². The summed E-state index contributed by atoms with van der Waals surface area (Å²) < 4.78 is 34.1. The van der Waals surface area contributed by atoms with E-state index in [-0.39, 0.29) is 62.8 Å². The van der Waals surface area contributed by atoms with Crippen LogP contribution in [0.25, 0.3) is 11.1 Å². The van der Waals surface area contributed by atoms with E-state index in [1.54, 1.807) is 25.2 Å². The van der Waals surface area contributed by atoms with E-state index in [0.717, 1.165) is 18.4 Å². The molecule has 1 saturated heterocycles. The molecular formula is C31H39F2N3O5. The number of rotatable bonds is 7. The van der Waals surface area contributed by atoms with Gasteiger partial charge in [0.1, 0.15) is 6.61 Å². The number of carbonyl (C=O) groups is 2. The van der Waals surface area contributed by atoms with Crippen LogP contribution in [0.3, 0.4) is 0 Å². The largest absolute Gasteiger partial charge is 0.387 e. The van der Waals surface area contributed by atoms with Crippen molar-refractivity contribution >= 4 is 11.8 Å². The molecule has 8 nitrogen and oxygen atoms in total. The average molecular weight is 572 g/mol. The number of piperidine rings is 1. The molecule has 2 atom stereocenters. The molecular weight excluding hydrogens is 532 g/mol. The zero-order valence-electron chi connectivity index (χ0n) is 23.8. The number of benzene rings is 1. The SMILES string of the molecule is CN(C)C(=O)c1cn(CC2(O)CCN(C(=O)COC3CCC(F)(F)C3)CC23CCCC3)c(=O)cc1-c1ccccc1. The average Bonchev–Trinajstić information content (AvgIpc) is 3.56. The number of ether oxygens (including phenoxy) is 1. The van der Waals surface area contributed by atoms with Gasteiger partial charge in [0.15, 0.2) is 0 Å². The molecule has 0 radical (unpaired) electrons. The molecule has 3 aliphatic rings. The van der Waals surface area contributed by atoms with Crippen LogP contribution in [0, 0.1) is 5.41 Å². The number of likely N-dealkylation sites (tertiary alicyclic amines) is 1. The maximum atomic E-state index is 13.5. The first-order valence-corrected chi connectivity index (χ1v) is 14.4. The fourth-order valence-corrected chi connectivity index (χ4v) is 6.89. The molecule has 2 saturated carbocycles. The van der Waals surface area contributed by atoms with Crippen molar-refractivity contribution in [3.8, 4) is 11.1 Å². The highest BCUT2D eigenvalue weighted by molar-refractivity contribution is 6.00. The third kappa shape index (κ3) is 5.95. The number of aromatic nitrogens is 1. The normalized spacial score (nSPS) is 25.0. The van der Waals surface area contributed by atoms with Crippen molar-refractivity contribution in [2.45, 2.75) is 75.5 Å². The summed E-state index contributed by atoms with van der Waals surface area (Å²) in [6, 6.07) is 10.7. The number of amides is 2. The molecule has 10 heteroatoms. The van der Waals surface area contributed by atoms with Gasteiger partial charge in [-0.25, -0.2) is 8.78 Å². The van der Waals surface area contributed by atoms with Crippen molar-refractivity contribution in [1.82, 2.24) is 14.4 Å². The molecule has 2 aliphatic carbocycles. The van der Waals surface area contributed by atoms with Crippen molar-refractivity contribution in [1.29, 1.82) is 0 Å². The second-order valence-electron chi connectivity index (χ2n) is 12.2. The third-order valence-electron chi connectivity index (χ3n) is 9.27. The highest BCUT2D eigenvalue weighted by Crippen LogP contribution is 2.51. The van der Waals surface area contributed by atoms with Crippen molar-refractivity contribution in [3.63, 3.8) is 0 Å². The predicted molar refractivity (Wildman–Crippen MR) is 150 cm³/mol. The van der Waals surface area contributed by atoms with Gasteiger partial charge in [-0.1, -0.05) is 43.2 Å². The summed E-state index contributed by atoms with van der Waals surface area (Å²) >= 11 is 0. The van der Waals surface area contributed by atoms with E-state index in [9.17, 15) is 28.3 Å². The quantitative estimate of drug-likeness (QED) is 0.544. The van der Waals surface area contributed by atoms with Crippen molar-refractivity contribution in [2.24, 2.45) is 5.41 Å². The summed E-state index contributed by atoms with van der Waals surface area (Å²) in [4.78, 5) is 42.8. The predicted octanol–water partition coefficient (Wildman–Crippen LogP) is 3.95. The Morgan fingerprint density at radius 1 is 1.10 bits per heavy atom. The van der Waals surface area contributed by atoms with Crippen molar-refractivity contribution in [3.05, 3.63) is 58.5 Å². The maximum Gasteiger partial charge on any atom is 0.255 e. The number of aliphatic hydroxyl groups is 1. The Hall–Kier alpha value is -3.11. The van der Waals surface area contributed by atoms with Gasteiger partial charge in [-0.15, -0.1) is 0 Å². The zero-order chi connectivity index (χ0) is 29.4. The Morgan fingerprint density at radius 3 is 2.44 bits per heavy atom. The van der Waals surface area contributed by atoms with Crippen molar-refractivity contribution < 1.29 is 28.2 Å². The van der Waals surface area contributed by atoms with Gasteiger partial charge in [0.25, 0.3) is 17.4 Å². The van der Waals surface area contributed by atoms with Gasteiger partial charge in [-0.2, -0.15) is 0 Å². The van der Waals surface area contributed by atoms with E-state index in [0.29, 0.717) is 30.5 Å². The second-order valence-corrected chi connectivity index (χ2v) is 12.2. The molecule has 222 valence electrons. The minimum atomic E-state index is -2.74. The van der Waals surface area contributed by atoms with Crippen LogP contribution < -0.4 is 5.56 Å². The minimum Gasteiger partial charge on any atom is -0.387 e. The lowest BCUT2D eigenvalue weighted by atomic mass is 9.65. The van der Waals surface area contributed by atoms with Gasteiger partial charge in [0.05, 0.1) is 23.8 Å². The van der Waals surface area contributed by atoms with Gasteiger partial charge in [0, 0.05) is 63.3 Å². The van der Waals surface area contributed by atoms with Gasteiger partial charge >= 0.3 is 0 Å². The zero-order valence-corrected chi connectivity index (χ0v) is 23.8. The van der Waals surface area contributed by atoms with E-state index in [4.69, 9.17) is 4.74 Å². The molecule has 1 aliphatic heterocycles. The molecule has 1 aromatic carbocycles. The van der Waals surface area contributed by atoms with Gasteiger partial charge < -0.3 is 24.2 Å². The Kier molecular flexibility index (Phi) is 8.09. The first-order chi connectivity index (χ1) is 19.4. The number of pyridine rings is 1. The van der Waals surface area contributed by atoms with E-state index < -0.39 is 23.0 Å². The lowest BCUT2D eigenvalue weighted by molar-refractivity contribution is -0.165. The highest BCUT2D eigenvalue weighted by Gasteiger charge is 2.55. The van der Waals surface area contributed by atoms with Crippen LogP contribution in [-0.4, -0.2) is 82.7 Å². The van der Waals surface area contributed by atoms with Crippen LogP contribution in [0.5, 0.6) is 0 Å². The summed E-state index contributed by atoms with van der Waals surface area (Å²) in [5.74, 6) is -3.25. The van der Waals surface area contributed by atoms with Crippen LogP contribution in [0.4, 0.5) is 8.78 Å². The first-order valence-electron chi connectivity index (χ1n) is 14.4. The summed E-state index contributed by atoms with van der Waals surface area (Å²) in [6.07, 6.45) is 4.02. The van der Waals surface area contributed by atoms with Gasteiger partial charge in [-0.3, -0.25) is 14.4 Å². The van der Waals surface area contributed by atoms with E-state index in [2.05, 4.69) is 0 Å². The molecule has 2 unspecified atom stereocenters. The molecule has 5 rings (SSSR count). The number of carbonyl (C=O) groups excluding carboxylic acids is 2. The maximum absolute atomic E-state index is 13.5. The van der Waals surface area contributed by atoms with Crippen LogP contribution >= 0.6 is 0 Å². The molecule has 2 amide bonds. The highest BCUT2D eigenvalue weighted by atomic mass is 19.3. The molecule has 1 aromatic heterocycles. The first kappa shape index (κ1) is 29.4. The lowest BCUT2D eigenvalue weighted by Gasteiger charge is -2.52. The Bertz CT molecular complexity index is 1340. The minimum absolute atomic E-state index is 0.00426. The molecule has 2 heterocycles. The molecule has 0 bridgehead atoms.